The summed E-state index contributed by atoms with van der Waals surface area (Å²) in [6.45, 7) is 4.35. The van der Waals surface area contributed by atoms with E-state index in [1.807, 2.05) is 24.3 Å². The van der Waals surface area contributed by atoms with E-state index >= 15 is 0 Å². The molecule has 1 aliphatic rings. The Bertz CT molecular complexity index is 653. The maximum absolute atomic E-state index is 10.2. The molecule has 3 heteroatoms. The van der Waals surface area contributed by atoms with E-state index in [1.165, 1.54) is 11.1 Å². The lowest BCUT2D eigenvalue weighted by Crippen LogP contribution is -2.08. The van der Waals surface area contributed by atoms with Gasteiger partial charge in [0.25, 0.3) is 0 Å². The Morgan fingerprint density at radius 3 is 2.65 bits per heavy atom. The van der Waals surface area contributed by atoms with Gasteiger partial charge in [-0.25, -0.2) is 0 Å². The van der Waals surface area contributed by atoms with Crippen molar-refractivity contribution in [3.05, 3.63) is 57.6 Å². The van der Waals surface area contributed by atoms with Gasteiger partial charge in [-0.3, -0.25) is 0 Å². The Morgan fingerprint density at radius 1 is 1.15 bits per heavy atom. The molecule has 2 aromatic carbocycles. The molecular weight excluding hydrogens is 314 g/mol. The van der Waals surface area contributed by atoms with Gasteiger partial charge in [-0.05, 0) is 64.5 Å². The van der Waals surface area contributed by atoms with Crippen LogP contribution < -0.4 is 5.32 Å². The number of rotatable bonds is 2. The average Bonchev–Trinajstić information content (AvgIpc) is 2.75. The zero-order chi connectivity index (χ0) is 14.3. The number of aryl methyl sites for hydroxylation is 1. The molecule has 0 heterocycles. The second kappa shape index (κ2) is 5.13. The Balaban J connectivity index is 2.00. The molecule has 0 spiro atoms. The molecular formula is C17H18BrNO. The molecule has 2 atom stereocenters. The number of anilines is 1. The fraction of sp³-hybridized carbons (Fsp3) is 0.294. The number of aromatic hydroxyl groups is 1. The number of benzene rings is 2. The van der Waals surface area contributed by atoms with Crippen molar-refractivity contribution in [2.75, 3.05) is 5.32 Å². The maximum Gasteiger partial charge on any atom is 0.121 e. The molecule has 2 nitrogen and oxygen atoms in total. The molecule has 0 fully saturated rings. The van der Waals surface area contributed by atoms with E-state index in [9.17, 15) is 5.11 Å². The van der Waals surface area contributed by atoms with E-state index in [0.29, 0.717) is 11.7 Å². The van der Waals surface area contributed by atoms with Crippen LogP contribution in [0.25, 0.3) is 0 Å². The van der Waals surface area contributed by atoms with Gasteiger partial charge >= 0.3 is 0 Å². The van der Waals surface area contributed by atoms with E-state index in [2.05, 4.69) is 41.2 Å². The van der Waals surface area contributed by atoms with Crippen molar-refractivity contribution in [3.8, 4) is 5.75 Å². The molecule has 20 heavy (non-hydrogen) atoms. The predicted molar refractivity (Wildman–Crippen MR) is 86.4 cm³/mol. The third kappa shape index (κ3) is 2.20. The summed E-state index contributed by atoms with van der Waals surface area (Å²) in [6, 6.07) is 12.1. The lowest BCUT2D eigenvalue weighted by atomic mass is 9.97. The molecule has 2 unspecified atom stereocenters. The number of hydrogen-bond donors (Lipinski definition) is 2. The van der Waals surface area contributed by atoms with Gasteiger partial charge in [0, 0.05) is 15.7 Å². The minimum absolute atomic E-state index is 0.165. The smallest absolute Gasteiger partial charge is 0.121 e. The van der Waals surface area contributed by atoms with Crippen molar-refractivity contribution in [3.63, 3.8) is 0 Å². The Morgan fingerprint density at radius 2 is 1.90 bits per heavy atom. The summed E-state index contributed by atoms with van der Waals surface area (Å²) < 4.78 is 1.05. The van der Waals surface area contributed by atoms with Gasteiger partial charge in [-0.15, -0.1) is 0 Å². The molecule has 2 aromatic rings. The molecule has 0 bridgehead atoms. The van der Waals surface area contributed by atoms with Crippen molar-refractivity contribution in [2.24, 2.45) is 0 Å². The molecule has 104 valence electrons. The third-order valence-corrected chi connectivity index (χ3v) is 4.81. The number of para-hydroxylation sites is 1. The van der Waals surface area contributed by atoms with E-state index < -0.39 is 0 Å². The predicted octanol–water partition coefficient (Wildman–Crippen LogP) is 5.12. The fourth-order valence-electron chi connectivity index (χ4n) is 3.24. The Kier molecular flexibility index (Phi) is 3.47. The summed E-state index contributed by atoms with van der Waals surface area (Å²) in [5.74, 6) is 0.872. The number of fused-ring (bicyclic) bond motifs is 1. The van der Waals surface area contributed by atoms with Crippen molar-refractivity contribution in [2.45, 2.75) is 32.2 Å². The Labute approximate surface area is 128 Å². The highest BCUT2D eigenvalue weighted by atomic mass is 79.9. The van der Waals surface area contributed by atoms with Crippen LogP contribution in [0.15, 0.2) is 40.9 Å². The number of halogens is 1. The van der Waals surface area contributed by atoms with Crippen molar-refractivity contribution >= 4 is 21.6 Å². The van der Waals surface area contributed by atoms with Gasteiger partial charge in [0.05, 0.1) is 6.04 Å². The van der Waals surface area contributed by atoms with Gasteiger partial charge in [0.2, 0.25) is 0 Å². The second-order valence-corrected chi connectivity index (χ2v) is 6.40. The van der Waals surface area contributed by atoms with E-state index in [-0.39, 0.29) is 6.04 Å². The molecule has 1 aliphatic carbocycles. The first kappa shape index (κ1) is 13.5. The van der Waals surface area contributed by atoms with Crippen LogP contribution in [0.4, 0.5) is 5.69 Å². The summed E-state index contributed by atoms with van der Waals surface area (Å²) in [4.78, 5) is 0. The van der Waals surface area contributed by atoms with Crippen molar-refractivity contribution in [1.82, 2.24) is 0 Å². The van der Waals surface area contributed by atoms with Crippen LogP contribution in [-0.4, -0.2) is 5.11 Å². The van der Waals surface area contributed by atoms with Gasteiger partial charge in [-0.2, -0.15) is 0 Å². The number of hydrogen-bond acceptors (Lipinski definition) is 2. The summed E-state index contributed by atoms with van der Waals surface area (Å²) in [5, 5.41) is 13.8. The molecule has 0 saturated heterocycles. The topological polar surface area (TPSA) is 32.3 Å². The molecule has 0 saturated carbocycles. The summed E-state index contributed by atoms with van der Waals surface area (Å²) in [6.07, 6.45) is 1.01. The number of nitrogens with one attached hydrogen (secondary N) is 1. The largest absolute Gasteiger partial charge is 0.508 e. The van der Waals surface area contributed by atoms with Gasteiger partial charge < -0.3 is 10.4 Å². The van der Waals surface area contributed by atoms with Crippen LogP contribution in [0.2, 0.25) is 0 Å². The van der Waals surface area contributed by atoms with Gasteiger partial charge in [0.15, 0.2) is 0 Å². The number of phenols is 1. The average molecular weight is 332 g/mol. The van der Waals surface area contributed by atoms with E-state index in [0.717, 1.165) is 22.1 Å². The van der Waals surface area contributed by atoms with Crippen LogP contribution >= 0.6 is 15.9 Å². The quantitative estimate of drug-likeness (QED) is 0.800. The molecule has 0 aromatic heterocycles. The molecule has 0 aliphatic heterocycles. The number of phenolic OH excluding ortho intramolecular Hbond substituents is 1. The summed E-state index contributed by atoms with van der Waals surface area (Å²) in [5.41, 5.74) is 4.70. The van der Waals surface area contributed by atoms with Crippen molar-refractivity contribution in [1.29, 1.82) is 0 Å². The minimum atomic E-state index is 0.165. The summed E-state index contributed by atoms with van der Waals surface area (Å²) >= 11 is 3.57. The highest BCUT2D eigenvalue weighted by Gasteiger charge is 2.32. The zero-order valence-corrected chi connectivity index (χ0v) is 13.2. The first-order chi connectivity index (χ1) is 9.58. The van der Waals surface area contributed by atoms with E-state index in [4.69, 9.17) is 0 Å². The first-order valence-electron chi connectivity index (χ1n) is 6.91. The fourth-order valence-corrected chi connectivity index (χ4v) is 3.64. The van der Waals surface area contributed by atoms with Crippen LogP contribution in [0, 0.1) is 6.92 Å². The van der Waals surface area contributed by atoms with Gasteiger partial charge in [-0.1, -0.05) is 25.1 Å². The third-order valence-electron chi connectivity index (χ3n) is 4.12. The van der Waals surface area contributed by atoms with E-state index in [1.54, 1.807) is 6.07 Å². The van der Waals surface area contributed by atoms with Crippen LogP contribution in [0.3, 0.4) is 0 Å². The molecule has 3 rings (SSSR count). The standard InChI is InChI=1S/C17H18BrNO/c1-10-7-8-15(20)17-14(9-11(2)16(10)17)19-13-6-4-3-5-12(13)18/h3-8,11,14,19-20H,9H2,1-2H3. The van der Waals surface area contributed by atoms with Crippen LogP contribution in [0.1, 0.15) is 42.0 Å². The summed E-state index contributed by atoms with van der Waals surface area (Å²) in [7, 11) is 0. The lowest BCUT2D eigenvalue weighted by molar-refractivity contribution is 0.465. The molecule has 0 amide bonds. The minimum Gasteiger partial charge on any atom is -0.508 e. The first-order valence-corrected chi connectivity index (χ1v) is 7.70. The normalized spacial score (nSPS) is 20.8. The molecule has 0 radical (unpaired) electrons. The maximum atomic E-state index is 10.2. The van der Waals surface area contributed by atoms with Crippen LogP contribution in [0.5, 0.6) is 5.75 Å². The van der Waals surface area contributed by atoms with Crippen LogP contribution in [-0.2, 0) is 0 Å². The Hall–Kier alpha value is -1.48. The monoisotopic (exact) mass is 331 g/mol. The zero-order valence-electron chi connectivity index (χ0n) is 11.7. The second-order valence-electron chi connectivity index (χ2n) is 5.54. The van der Waals surface area contributed by atoms with Gasteiger partial charge in [0.1, 0.15) is 5.75 Å². The SMILES string of the molecule is Cc1ccc(O)c2c1C(C)CC2Nc1ccccc1Br. The highest BCUT2D eigenvalue weighted by molar-refractivity contribution is 9.10. The lowest BCUT2D eigenvalue weighted by Gasteiger charge is -2.18. The van der Waals surface area contributed by atoms with Crippen molar-refractivity contribution < 1.29 is 5.11 Å². The highest BCUT2D eigenvalue weighted by Crippen LogP contribution is 2.47. The molecule has 2 N–H and O–H groups in total.